The van der Waals surface area contributed by atoms with Crippen LogP contribution in [0.4, 0.5) is 18.9 Å². The molecule has 0 unspecified atom stereocenters. The fraction of sp³-hybridized carbons (Fsp3) is 0.341. The van der Waals surface area contributed by atoms with E-state index in [2.05, 4.69) is 36.5 Å². The molecule has 6 heteroatoms. The van der Waals surface area contributed by atoms with Crippen molar-refractivity contribution in [2.75, 3.05) is 5.32 Å². The number of carbonyl (C=O) groups is 1. The van der Waals surface area contributed by atoms with Gasteiger partial charge in [-0.3, -0.25) is 4.79 Å². The summed E-state index contributed by atoms with van der Waals surface area (Å²) < 4.78 is 40.5. The Balaban J connectivity index is 1.06. The fourth-order valence-corrected chi connectivity index (χ4v) is 8.31. The van der Waals surface area contributed by atoms with Crippen molar-refractivity contribution < 1.29 is 23.1 Å². The van der Waals surface area contributed by atoms with Crippen LogP contribution in [0, 0.1) is 5.92 Å². The zero-order valence-electron chi connectivity index (χ0n) is 29.0. The molecule has 2 aliphatic rings. The number of phenolic OH excluding ortho intramolecular Hbond substituents is 1. The number of phenols is 1. The van der Waals surface area contributed by atoms with Gasteiger partial charge >= 0.3 is 6.18 Å². The highest BCUT2D eigenvalue weighted by atomic mass is 19.4. The molecule has 5 aromatic rings. The molecule has 0 radical (unpaired) electrons. The van der Waals surface area contributed by atoms with Gasteiger partial charge in [-0.1, -0.05) is 95.0 Å². The Bertz CT molecular complexity index is 2040. The van der Waals surface area contributed by atoms with Crippen LogP contribution in [-0.2, 0) is 11.6 Å². The molecule has 3 nitrogen and oxygen atoms in total. The van der Waals surface area contributed by atoms with Crippen LogP contribution in [0.1, 0.15) is 111 Å². The predicted octanol–water partition coefficient (Wildman–Crippen LogP) is 12.6. The van der Waals surface area contributed by atoms with Crippen LogP contribution in [0.3, 0.4) is 0 Å². The number of hydrogen-bond acceptors (Lipinski definition) is 2. The number of nitrogens with one attached hydrogen (secondary N) is 1. The van der Waals surface area contributed by atoms with Gasteiger partial charge in [0.05, 0.1) is 5.56 Å². The molecule has 0 aliphatic heterocycles. The zero-order chi connectivity index (χ0) is 35.2. The highest BCUT2D eigenvalue weighted by Crippen LogP contribution is 2.53. The summed E-state index contributed by atoms with van der Waals surface area (Å²) >= 11 is 0. The molecule has 7 rings (SSSR count). The number of anilines is 1. The maximum Gasteiger partial charge on any atom is 0.416 e. The van der Waals surface area contributed by atoms with E-state index in [1.54, 1.807) is 18.2 Å². The third-order valence-corrected chi connectivity index (χ3v) is 11.3. The van der Waals surface area contributed by atoms with Gasteiger partial charge in [0.25, 0.3) is 5.91 Å². The Morgan fingerprint density at radius 1 is 0.800 bits per heavy atom. The Morgan fingerprint density at radius 3 is 2.14 bits per heavy atom. The second-order valence-electron chi connectivity index (χ2n) is 14.8. The summed E-state index contributed by atoms with van der Waals surface area (Å²) in [6.45, 7) is 6.30. The van der Waals surface area contributed by atoms with Crippen LogP contribution in [0.5, 0.6) is 5.75 Å². The Hall–Kier alpha value is -4.58. The molecular weight excluding hydrogens is 631 g/mol. The number of rotatable bonds is 8. The average molecular weight is 676 g/mol. The highest BCUT2D eigenvalue weighted by molar-refractivity contribution is 6.09. The van der Waals surface area contributed by atoms with Crippen LogP contribution < -0.4 is 5.32 Å². The first-order chi connectivity index (χ1) is 23.9. The van der Waals surface area contributed by atoms with E-state index >= 15 is 0 Å². The van der Waals surface area contributed by atoms with Crippen molar-refractivity contribution >= 4 is 22.4 Å². The molecule has 0 saturated heterocycles. The van der Waals surface area contributed by atoms with E-state index in [1.807, 2.05) is 44.2 Å². The normalized spacial score (nSPS) is 18.1. The fourth-order valence-electron chi connectivity index (χ4n) is 8.31. The van der Waals surface area contributed by atoms with E-state index in [0.29, 0.717) is 22.6 Å². The lowest BCUT2D eigenvalue weighted by Crippen LogP contribution is -2.16. The minimum absolute atomic E-state index is 0.132. The molecule has 50 heavy (non-hydrogen) atoms. The van der Waals surface area contributed by atoms with Gasteiger partial charge in [0.1, 0.15) is 5.75 Å². The number of amides is 1. The summed E-state index contributed by atoms with van der Waals surface area (Å²) in [5.74, 6) is 1.07. The second kappa shape index (κ2) is 13.3. The second-order valence-corrected chi connectivity index (χ2v) is 14.8. The van der Waals surface area contributed by atoms with Gasteiger partial charge in [0, 0.05) is 22.1 Å². The van der Waals surface area contributed by atoms with Gasteiger partial charge in [-0.05, 0) is 124 Å². The minimum Gasteiger partial charge on any atom is -0.507 e. The number of benzene rings is 5. The van der Waals surface area contributed by atoms with E-state index in [4.69, 9.17) is 0 Å². The first-order valence-corrected chi connectivity index (χ1v) is 18.0. The maximum absolute atomic E-state index is 13.5. The number of halogens is 3. The Kier molecular flexibility index (Phi) is 9.00. The smallest absolute Gasteiger partial charge is 0.416 e. The summed E-state index contributed by atoms with van der Waals surface area (Å²) in [6, 6.07) is 27.3. The van der Waals surface area contributed by atoms with Crippen molar-refractivity contribution in [1.29, 1.82) is 0 Å². The molecule has 2 N–H and O–H groups in total. The van der Waals surface area contributed by atoms with E-state index in [9.17, 15) is 23.1 Å². The van der Waals surface area contributed by atoms with Crippen molar-refractivity contribution in [3.05, 3.63) is 119 Å². The number of aromatic hydroxyl groups is 1. The predicted molar refractivity (Wildman–Crippen MR) is 197 cm³/mol. The topological polar surface area (TPSA) is 49.3 Å². The number of carbonyl (C=O) groups excluding carboxylic acids is 1. The molecule has 5 aromatic carbocycles. The highest BCUT2D eigenvalue weighted by Gasteiger charge is 2.38. The van der Waals surface area contributed by atoms with E-state index in [-0.39, 0.29) is 17.0 Å². The van der Waals surface area contributed by atoms with Crippen LogP contribution in [0.2, 0.25) is 0 Å². The molecule has 0 bridgehead atoms. The molecule has 0 heterocycles. The van der Waals surface area contributed by atoms with E-state index in [0.717, 1.165) is 51.4 Å². The van der Waals surface area contributed by atoms with Gasteiger partial charge in [0.2, 0.25) is 0 Å². The zero-order valence-corrected chi connectivity index (χ0v) is 29.0. The molecule has 0 spiro atoms. The summed E-state index contributed by atoms with van der Waals surface area (Å²) in [5.41, 5.74) is 6.69. The first kappa shape index (κ1) is 33.9. The number of fused-ring (bicyclic) bond motifs is 5. The first-order valence-electron chi connectivity index (χ1n) is 18.0. The van der Waals surface area contributed by atoms with E-state index < -0.39 is 17.2 Å². The van der Waals surface area contributed by atoms with Gasteiger partial charge in [-0.15, -0.1) is 0 Å². The summed E-state index contributed by atoms with van der Waals surface area (Å²) in [4.78, 5) is 13.5. The molecule has 1 fully saturated rings. The van der Waals surface area contributed by atoms with Crippen molar-refractivity contribution in [3.63, 3.8) is 0 Å². The summed E-state index contributed by atoms with van der Waals surface area (Å²) in [6.07, 6.45) is 6.11. The van der Waals surface area contributed by atoms with Gasteiger partial charge in [-0.2, -0.15) is 13.2 Å². The van der Waals surface area contributed by atoms with Crippen LogP contribution in [0.25, 0.3) is 33.0 Å². The Morgan fingerprint density at radius 2 is 1.48 bits per heavy atom. The summed E-state index contributed by atoms with van der Waals surface area (Å²) in [7, 11) is 0. The lowest BCUT2D eigenvalue weighted by molar-refractivity contribution is -0.137. The molecule has 258 valence electrons. The van der Waals surface area contributed by atoms with Crippen molar-refractivity contribution in [3.8, 4) is 28.0 Å². The number of hydrogen-bond donors (Lipinski definition) is 2. The van der Waals surface area contributed by atoms with Gasteiger partial charge < -0.3 is 10.4 Å². The molecule has 0 aromatic heterocycles. The third-order valence-electron chi connectivity index (χ3n) is 11.3. The minimum atomic E-state index is -4.53. The number of unbranched alkanes of at least 4 members (excludes halogenated alkanes) is 2. The van der Waals surface area contributed by atoms with Crippen LogP contribution >= 0.6 is 0 Å². The average Bonchev–Trinajstić information content (AvgIpc) is 3.34. The lowest BCUT2D eigenvalue weighted by atomic mass is 9.77. The number of alkyl halides is 3. The molecular formula is C44H44F3NO2. The van der Waals surface area contributed by atoms with Crippen molar-refractivity contribution in [2.45, 2.75) is 89.6 Å². The Labute approximate surface area is 292 Å². The molecule has 0 atom stereocenters. The molecule has 2 aliphatic carbocycles. The molecule has 1 saturated carbocycles. The van der Waals surface area contributed by atoms with E-state index in [1.165, 1.54) is 63.0 Å². The monoisotopic (exact) mass is 675 g/mol. The van der Waals surface area contributed by atoms with Crippen LogP contribution in [0.15, 0.2) is 91.0 Å². The van der Waals surface area contributed by atoms with Gasteiger partial charge in [0.15, 0.2) is 0 Å². The summed E-state index contributed by atoms with van der Waals surface area (Å²) in [5, 5.41) is 14.5. The third kappa shape index (κ3) is 6.41. The quantitative estimate of drug-likeness (QED) is 0.161. The van der Waals surface area contributed by atoms with Crippen molar-refractivity contribution in [1.82, 2.24) is 0 Å². The van der Waals surface area contributed by atoms with Crippen LogP contribution in [-0.4, -0.2) is 11.0 Å². The molecule has 1 amide bonds. The maximum atomic E-state index is 13.5. The van der Waals surface area contributed by atoms with Crippen molar-refractivity contribution in [2.24, 2.45) is 5.92 Å². The van der Waals surface area contributed by atoms with Gasteiger partial charge in [-0.25, -0.2) is 0 Å². The standard InChI is InChI=1S/C44H44F3NO2/c1-4-5-6-7-27-8-10-28(11-9-27)29-12-14-30(15-13-29)31-16-20-34(21-17-31)48-42(50)32-18-23-38-37(24-32)41-35-22-19-33(44(45,46)47)25-36(35)40(49)26-39(41)43(38,2)3/h12-28,49H,4-11H2,1-3H3,(H,48,50)/t27-,28-. The lowest BCUT2D eigenvalue weighted by Gasteiger charge is -2.29. The SMILES string of the molecule is CCCCC[C@H]1CC[C@H](c2ccc(-c3ccc(NC(=O)c4ccc5c(c4)-c4c(cc(O)c6cc(C(F)(F)F)ccc46)C5(C)C)cc3)cc2)CC1. The largest absolute Gasteiger partial charge is 0.507 e.